The standard InChI is InChI=1S/C14H23NO5S/c1-6-15(10-14(2,3)16)21(17,18)11-7-8-12(19-4)13(9-11)20-5/h7-9,16H,6,10H2,1-5H3. The number of sulfonamides is 1. The molecule has 1 rings (SSSR count). The van der Waals surface area contributed by atoms with Gasteiger partial charge in [-0.05, 0) is 26.0 Å². The first-order valence-corrected chi connectivity index (χ1v) is 8.04. The van der Waals surface area contributed by atoms with E-state index >= 15 is 0 Å². The number of likely N-dealkylation sites (N-methyl/N-ethyl adjacent to an activating group) is 1. The lowest BCUT2D eigenvalue weighted by atomic mass is 10.1. The Hall–Kier alpha value is -1.31. The normalized spacial score (nSPS) is 12.5. The first-order chi connectivity index (χ1) is 9.65. The highest BCUT2D eigenvalue weighted by Gasteiger charge is 2.29. The highest BCUT2D eigenvalue weighted by molar-refractivity contribution is 7.89. The van der Waals surface area contributed by atoms with Gasteiger partial charge in [-0.3, -0.25) is 0 Å². The second kappa shape index (κ2) is 6.64. The van der Waals surface area contributed by atoms with Crippen LogP contribution in [0, 0.1) is 0 Å². The Morgan fingerprint density at radius 1 is 1.19 bits per heavy atom. The van der Waals surface area contributed by atoms with Crippen LogP contribution in [0.4, 0.5) is 0 Å². The minimum Gasteiger partial charge on any atom is -0.493 e. The topological polar surface area (TPSA) is 76.1 Å². The predicted octanol–water partition coefficient (Wildman–Crippen LogP) is 1.49. The van der Waals surface area contributed by atoms with Crippen molar-refractivity contribution in [3.05, 3.63) is 18.2 Å². The quantitative estimate of drug-likeness (QED) is 0.824. The van der Waals surface area contributed by atoms with Gasteiger partial charge in [0.2, 0.25) is 10.0 Å². The first kappa shape index (κ1) is 17.7. The Morgan fingerprint density at radius 2 is 1.76 bits per heavy atom. The lowest BCUT2D eigenvalue weighted by molar-refractivity contribution is 0.0601. The molecule has 0 heterocycles. The zero-order valence-corrected chi connectivity index (χ0v) is 13.9. The summed E-state index contributed by atoms with van der Waals surface area (Å²) in [5.74, 6) is 0.805. The Kier molecular flexibility index (Phi) is 5.61. The Morgan fingerprint density at radius 3 is 2.19 bits per heavy atom. The summed E-state index contributed by atoms with van der Waals surface area (Å²) in [7, 11) is -0.772. The molecule has 0 amide bonds. The molecule has 0 saturated heterocycles. The fourth-order valence-corrected chi connectivity index (χ4v) is 3.54. The highest BCUT2D eigenvalue weighted by atomic mass is 32.2. The van der Waals surface area contributed by atoms with Gasteiger partial charge in [0.15, 0.2) is 11.5 Å². The van der Waals surface area contributed by atoms with Gasteiger partial charge in [-0.2, -0.15) is 4.31 Å². The van der Waals surface area contributed by atoms with Crippen molar-refractivity contribution in [3.8, 4) is 11.5 Å². The van der Waals surface area contributed by atoms with E-state index < -0.39 is 15.6 Å². The molecule has 1 N–H and O–H groups in total. The molecule has 120 valence electrons. The van der Waals surface area contributed by atoms with Gasteiger partial charge in [-0.25, -0.2) is 8.42 Å². The molecule has 0 saturated carbocycles. The second-order valence-corrected chi connectivity index (χ2v) is 7.20. The zero-order valence-electron chi connectivity index (χ0n) is 13.1. The summed E-state index contributed by atoms with van der Waals surface area (Å²) in [4.78, 5) is 0.103. The van der Waals surface area contributed by atoms with Crippen LogP contribution in [-0.4, -0.2) is 50.7 Å². The van der Waals surface area contributed by atoms with E-state index in [-0.39, 0.29) is 18.0 Å². The van der Waals surface area contributed by atoms with Crippen molar-refractivity contribution in [2.24, 2.45) is 0 Å². The molecule has 0 fully saturated rings. The SMILES string of the molecule is CCN(CC(C)(C)O)S(=O)(=O)c1ccc(OC)c(OC)c1. The van der Waals surface area contributed by atoms with Gasteiger partial charge in [0.25, 0.3) is 0 Å². The van der Waals surface area contributed by atoms with Gasteiger partial charge in [0.05, 0.1) is 24.7 Å². The van der Waals surface area contributed by atoms with Gasteiger partial charge < -0.3 is 14.6 Å². The maximum absolute atomic E-state index is 12.6. The number of hydrogen-bond acceptors (Lipinski definition) is 5. The average molecular weight is 317 g/mol. The van der Waals surface area contributed by atoms with Crippen LogP contribution < -0.4 is 9.47 Å². The maximum Gasteiger partial charge on any atom is 0.243 e. The van der Waals surface area contributed by atoms with Crippen molar-refractivity contribution in [1.82, 2.24) is 4.31 Å². The molecule has 7 heteroatoms. The van der Waals surface area contributed by atoms with Crippen molar-refractivity contribution >= 4 is 10.0 Å². The second-order valence-electron chi connectivity index (χ2n) is 5.26. The van der Waals surface area contributed by atoms with E-state index in [1.54, 1.807) is 26.8 Å². The molecule has 0 aliphatic carbocycles. The van der Waals surface area contributed by atoms with Gasteiger partial charge in [0.1, 0.15) is 0 Å². The monoisotopic (exact) mass is 317 g/mol. The lowest BCUT2D eigenvalue weighted by Crippen LogP contribution is -2.42. The summed E-state index contributed by atoms with van der Waals surface area (Å²) >= 11 is 0. The molecule has 0 radical (unpaired) electrons. The fourth-order valence-electron chi connectivity index (χ4n) is 1.92. The van der Waals surface area contributed by atoms with Gasteiger partial charge >= 0.3 is 0 Å². The highest BCUT2D eigenvalue weighted by Crippen LogP contribution is 2.30. The van der Waals surface area contributed by atoms with Crippen LogP contribution in [0.15, 0.2) is 23.1 Å². The van der Waals surface area contributed by atoms with Gasteiger partial charge in [0, 0.05) is 19.2 Å². The van der Waals surface area contributed by atoms with Crippen LogP contribution in [0.25, 0.3) is 0 Å². The lowest BCUT2D eigenvalue weighted by Gasteiger charge is -2.27. The summed E-state index contributed by atoms with van der Waals surface area (Å²) in [6, 6.07) is 4.43. The summed E-state index contributed by atoms with van der Waals surface area (Å²) in [5.41, 5.74) is -1.11. The van der Waals surface area contributed by atoms with E-state index in [4.69, 9.17) is 9.47 Å². The molecule has 0 aromatic heterocycles. The Labute approximate surface area is 126 Å². The number of hydrogen-bond donors (Lipinski definition) is 1. The molecule has 0 unspecified atom stereocenters. The predicted molar refractivity (Wildman–Crippen MR) is 80.3 cm³/mol. The molecule has 0 spiro atoms. The van der Waals surface area contributed by atoms with E-state index in [0.717, 1.165) is 0 Å². The number of benzene rings is 1. The van der Waals surface area contributed by atoms with Crippen LogP contribution in [0.5, 0.6) is 11.5 Å². The van der Waals surface area contributed by atoms with Gasteiger partial charge in [-0.15, -0.1) is 0 Å². The zero-order chi connectivity index (χ0) is 16.3. The molecular formula is C14H23NO5S. The number of aliphatic hydroxyl groups is 1. The summed E-state index contributed by atoms with van der Waals surface area (Å²) in [5, 5.41) is 9.86. The number of ether oxygens (including phenoxy) is 2. The molecule has 0 aliphatic rings. The number of methoxy groups -OCH3 is 2. The van der Waals surface area contributed by atoms with Crippen LogP contribution in [0.2, 0.25) is 0 Å². The molecule has 1 aromatic rings. The van der Waals surface area contributed by atoms with Crippen molar-refractivity contribution in [1.29, 1.82) is 0 Å². The van der Waals surface area contributed by atoms with E-state index in [0.29, 0.717) is 11.5 Å². The average Bonchev–Trinajstić information content (AvgIpc) is 2.42. The van der Waals surface area contributed by atoms with Crippen molar-refractivity contribution in [3.63, 3.8) is 0 Å². The van der Waals surface area contributed by atoms with Crippen molar-refractivity contribution < 1.29 is 23.0 Å². The van der Waals surface area contributed by atoms with E-state index in [1.807, 2.05) is 0 Å². The van der Waals surface area contributed by atoms with Crippen LogP contribution in [-0.2, 0) is 10.0 Å². The number of rotatable bonds is 7. The minimum atomic E-state index is -3.70. The Balaban J connectivity index is 3.23. The Bertz CT molecular complexity index is 578. The maximum atomic E-state index is 12.6. The molecular weight excluding hydrogens is 294 g/mol. The van der Waals surface area contributed by atoms with Gasteiger partial charge in [-0.1, -0.05) is 6.92 Å². The molecule has 1 aromatic carbocycles. The number of nitrogens with zero attached hydrogens (tertiary/aromatic N) is 1. The molecule has 6 nitrogen and oxygen atoms in total. The largest absolute Gasteiger partial charge is 0.493 e. The summed E-state index contributed by atoms with van der Waals surface area (Å²) in [6.07, 6.45) is 0. The summed E-state index contributed by atoms with van der Waals surface area (Å²) in [6.45, 7) is 5.14. The van der Waals surface area contributed by atoms with Crippen LogP contribution in [0.1, 0.15) is 20.8 Å². The van der Waals surface area contributed by atoms with E-state index in [2.05, 4.69) is 0 Å². The first-order valence-electron chi connectivity index (χ1n) is 6.60. The summed E-state index contributed by atoms with van der Waals surface area (Å²) < 4.78 is 36.7. The van der Waals surface area contributed by atoms with Crippen LogP contribution in [0.3, 0.4) is 0 Å². The third kappa shape index (κ3) is 4.33. The fraction of sp³-hybridized carbons (Fsp3) is 0.571. The smallest absolute Gasteiger partial charge is 0.243 e. The van der Waals surface area contributed by atoms with Crippen LogP contribution >= 0.6 is 0 Å². The molecule has 0 bridgehead atoms. The van der Waals surface area contributed by atoms with Crippen molar-refractivity contribution in [2.45, 2.75) is 31.3 Å². The third-order valence-electron chi connectivity index (χ3n) is 2.91. The van der Waals surface area contributed by atoms with E-state index in [9.17, 15) is 13.5 Å². The van der Waals surface area contributed by atoms with E-state index in [1.165, 1.54) is 30.7 Å². The third-order valence-corrected chi connectivity index (χ3v) is 4.83. The minimum absolute atomic E-state index is 0.0141. The van der Waals surface area contributed by atoms with Crippen molar-refractivity contribution in [2.75, 3.05) is 27.3 Å². The molecule has 21 heavy (non-hydrogen) atoms. The molecule has 0 atom stereocenters. The molecule has 0 aliphatic heterocycles.